The molecule has 1 aromatic heterocycles. The molecule has 0 amide bonds. The van der Waals surface area contributed by atoms with Crippen molar-refractivity contribution in [1.29, 1.82) is 0 Å². The van der Waals surface area contributed by atoms with Gasteiger partial charge < -0.3 is 10.5 Å². The number of hydrogen-bond acceptors (Lipinski definition) is 3. The van der Waals surface area contributed by atoms with Crippen LogP contribution in [0.25, 0.3) is 0 Å². The zero-order valence-electron chi connectivity index (χ0n) is 8.78. The van der Waals surface area contributed by atoms with Gasteiger partial charge in [0.1, 0.15) is 0 Å². The Balaban J connectivity index is 1.99. The number of nitrogens with two attached hydrogens (primary N) is 1. The molecule has 0 aliphatic carbocycles. The topological polar surface area (TPSA) is 53.1 Å². The molecule has 0 atom stereocenters. The van der Waals surface area contributed by atoms with Crippen molar-refractivity contribution >= 4 is 5.69 Å². The smallest absolute Gasteiger partial charge is 0.0719 e. The summed E-state index contributed by atoms with van der Waals surface area (Å²) in [6, 6.07) is 0. The second-order valence-electron chi connectivity index (χ2n) is 3.44. The molecule has 0 bridgehead atoms. The second kappa shape index (κ2) is 6.43. The number of aromatic nitrogens is 2. The lowest BCUT2D eigenvalue weighted by molar-refractivity contribution is 0.191. The Morgan fingerprint density at radius 3 is 2.79 bits per heavy atom. The van der Waals surface area contributed by atoms with Crippen LogP contribution in [0.15, 0.2) is 12.4 Å². The number of hydrogen-bond donors (Lipinski definition) is 1. The van der Waals surface area contributed by atoms with Crippen molar-refractivity contribution < 1.29 is 4.74 Å². The molecule has 0 aromatic carbocycles. The fourth-order valence-corrected chi connectivity index (χ4v) is 1.38. The monoisotopic (exact) mass is 197 g/mol. The fraction of sp³-hybridized carbons (Fsp3) is 0.700. The Bertz CT molecular complexity index is 247. The highest BCUT2D eigenvalue weighted by Gasteiger charge is 1.94. The average Bonchev–Trinajstić information content (AvgIpc) is 2.58. The molecular formula is C10H19N3O. The number of nitrogen functional groups attached to an aromatic ring is 1. The van der Waals surface area contributed by atoms with E-state index >= 15 is 0 Å². The third-order valence-electron chi connectivity index (χ3n) is 2.14. The lowest BCUT2D eigenvalue weighted by atomic mass is 10.2. The summed E-state index contributed by atoms with van der Waals surface area (Å²) in [5.74, 6) is 0. The van der Waals surface area contributed by atoms with Crippen LogP contribution in [0.4, 0.5) is 5.69 Å². The van der Waals surface area contributed by atoms with E-state index in [0.717, 1.165) is 31.7 Å². The summed E-state index contributed by atoms with van der Waals surface area (Å²) in [6.07, 6.45) is 8.32. The van der Waals surface area contributed by atoms with Crippen LogP contribution < -0.4 is 5.73 Å². The molecule has 2 N–H and O–H groups in total. The van der Waals surface area contributed by atoms with E-state index in [9.17, 15) is 0 Å². The van der Waals surface area contributed by atoms with Crippen molar-refractivity contribution in [3.63, 3.8) is 0 Å². The number of ether oxygens (including phenoxy) is 1. The maximum absolute atomic E-state index is 5.55. The van der Waals surface area contributed by atoms with Crippen LogP contribution in [0, 0.1) is 0 Å². The maximum Gasteiger partial charge on any atom is 0.0719 e. The molecule has 0 aliphatic rings. The highest BCUT2D eigenvalue weighted by atomic mass is 16.5. The van der Waals surface area contributed by atoms with Crippen LogP contribution in [0.3, 0.4) is 0 Å². The molecule has 1 rings (SSSR count). The van der Waals surface area contributed by atoms with Crippen LogP contribution in [-0.4, -0.2) is 23.5 Å². The third kappa shape index (κ3) is 4.28. The summed E-state index contributed by atoms with van der Waals surface area (Å²) in [4.78, 5) is 0. The first-order valence-electron chi connectivity index (χ1n) is 5.10. The van der Waals surface area contributed by atoms with Crippen LogP contribution in [-0.2, 0) is 11.3 Å². The molecule has 0 unspecified atom stereocenters. The summed E-state index contributed by atoms with van der Waals surface area (Å²) in [7, 11) is 1.74. The van der Waals surface area contributed by atoms with Gasteiger partial charge in [0.05, 0.1) is 11.9 Å². The minimum Gasteiger partial charge on any atom is -0.396 e. The van der Waals surface area contributed by atoms with Gasteiger partial charge in [0.25, 0.3) is 0 Å². The summed E-state index contributed by atoms with van der Waals surface area (Å²) in [6.45, 7) is 1.83. The van der Waals surface area contributed by atoms with Crippen LogP contribution in [0.5, 0.6) is 0 Å². The minimum atomic E-state index is 0.740. The minimum absolute atomic E-state index is 0.740. The van der Waals surface area contributed by atoms with Crippen molar-refractivity contribution in [3.8, 4) is 0 Å². The van der Waals surface area contributed by atoms with Gasteiger partial charge in [0.15, 0.2) is 0 Å². The summed E-state index contributed by atoms with van der Waals surface area (Å²) in [5.41, 5.74) is 6.29. The van der Waals surface area contributed by atoms with E-state index < -0.39 is 0 Å². The number of unbranched alkanes of at least 4 members (excludes halogenated alkanes) is 3. The number of methoxy groups -OCH3 is 1. The van der Waals surface area contributed by atoms with E-state index in [4.69, 9.17) is 10.5 Å². The Hall–Kier alpha value is -1.03. The molecule has 4 nitrogen and oxygen atoms in total. The van der Waals surface area contributed by atoms with Gasteiger partial charge in [-0.1, -0.05) is 12.8 Å². The van der Waals surface area contributed by atoms with Gasteiger partial charge in [-0.15, -0.1) is 0 Å². The first kappa shape index (κ1) is 11.0. The third-order valence-corrected chi connectivity index (χ3v) is 2.14. The maximum atomic E-state index is 5.55. The average molecular weight is 197 g/mol. The first-order chi connectivity index (χ1) is 6.83. The largest absolute Gasteiger partial charge is 0.396 e. The quantitative estimate of drug-likeness (QED) is 0.676. The number of rotatable bonds is 7. The predicted octanol–water partition coefficient (Wildman–Crippen LogP) is 1.67. The SMILES string of the molecule is COCCCCCCn1cc(N)cn1. The molecule has 0 saturated carbocycles. The Morgan fingerprint density at radius 2 is 2.14 bits per heavy atom. The molecule has 0 radical (unpaired) electrons. The summed E-state index contributed by atoms with van der Waals surface area (Å²) < 4.78 is 6.87. The van der Waals surface area contributed by atoms with E-state index in [1.165, 1.54) is 12.8 Å². The molecule has 14 heavy (non-hydrogen) atoms. The summed E-state index contributed by atoms with van der Waals surface area (Å²) in [5, 5.41) is 4.12. The second-order valence-corrected chi connectivity index (χ2v) is 3.44. The fourth-order valence-electron chi connectivity index (χ4n) is 1.38. The predicted molar refractivity (Wildman–Crippen MR) is 57.0 cm³/mol. The normalized spacial score (nSPS) is 10.6. The highest BCUT2D eigenvalue weighted by Crippen LogP contribution is 2.04. The van der Waals surface area contributed by atoms with Crippen molar-refractivity contribution in [2.75, 3.05) is 19.5 Å². The van der Waals surface area contributed by atoms with Crippen LogP contribution in [0.1, 0.15) is 25.7 Å². The molecular weight excluding hydrogens is 178 g/mol. The Morgan fingerprint density at radius 1 is 1.36 bits per heavy atom. The molecule has 1 heterocycles. The highest BCUT2D eigenvalue weighted by molar-refractivity contribution is 5.30. The molecule has 0 fully saturated rings. The lowest BCUT2D eigenvalue weighted by Gasteiger charge is -2.01. The van der Waals surface area contributed by atoms with Gasteiger partial charge in [-0.3, -0.25) is 4.68 Å². The van der Waals surface area contributed by atoms with E-state index in [2.05, 4.69) is 5.10 Å². The van der Waals surface area contributed by atoms with Crippen molar-refractivity contribution in [1.82, 2.24) is 9.78 Å². The van der Waals surface area contributed by atoms with E-state index in [0.29, 0.717) is 0 Å². The van der Waals surface area contributed by atoms with E-state index in [1.807, 2.05) is 10.9 Å². The molecule has 0 aliphatic heterocycles. The first-order valence-corrected chi connectivity index (χ1v) is 5.10. The van der Waals surface area contributed by atoms with Crippen molar-refractivity contribution in [2.45, 2.75) is 32.2 Å². The van der Waals surface area contributed by atoms with Gasteiger partial charge in [-0.25, -0.2) is 0 Å². The van der Waals surface area contributed by atoms with Crippen molar-refractivity contribution in [3.05, 3.63) is 12.4 Å². The van der Waals surface area contributed by atoms with Crippen LogP contribution >= 0.6 is 0 Å². The molecule has 0 saturated heterocycles. The van der Waals surface area contributed by atoms with Gasteiger partial charge in [0.2, 0.25) is 0 Å². The van der Waals surface area contributed by atoms with Gasteiger partial charge in [0, 0.05) is 26.5 Å². The molecule has 0 spiro atoms. The zero-order valence-corrected chi connectivity index (χ0v) is 8.78. The number of anilines is 1. The molecule has 1 aromatic rings. The summed E-state index contributed by atoms with van der Waals surface area (Å²) >= 11 is 0. The Labute approximate surface area is 85.0 Å². The van der Waals surface area contributed by atoms with Gasteiger partial charge >= 0.3 is 0 Å². The lowest BCUT2D eigenvalue weighted by Crippen LogP contribution is -1.98. The van der Waals surface area contributed by atoms with Gasteiger partial charge in [-0.2, -0.15) is 5.10 Å². The standard InChI is InChI=1S/C10H19N3O/c1-14-7-5-3-2-4-6-13-9-10(11)8-12-13/h8-9H,2-7,11H2,1H3. The Kier molecular flexibility index (Phi) is 5.07. The van der Waals surface area contributed by atoms with E-state index in [-0.39, 0.29) is 0 Å². The molecule has 80 valence electrons. The van der Waals surface area contributed by atoms with Crippen LogP contribution in [0.2, 0.25) is 0 Å². The molecule has 4 heteroatoms. The van der Waals surface area contributed by atoms with Gasteiger partial charge in [-0.05, 0) is 12.8 Å². The number of aryl methyl sites for hydroxylation is 1. The number of nitrogens with zero attached hydrogens (tertiary/aromatic N) is 2. The van der Waals surface area contributed by atoms with E-state index in [1.54, 1.807) is 13.3 Å². The van der Waals surface area contributed by atoms with Crippen molar-refractivity contribution in [2.24, 2.45) is 0 Å². The zero-order chi connectivity index (χ0) is 10.2.